The molecule has 0 radical (unpaired) electrons. The molecule has 1 fully saturated rings. The van der Waals surface area contributed by atoms with Crippen LogP contribution in [0.4, 0.5) is 14.9 Å². The summed E-state index contributed by atoms with van der Waals surface area (Å²) in [4.78, 5) is 13.5. The summed E-state index contributed by atoms with van der Waals surface area (Å²) in [5.41, 5.74) is 1.30. The molecule has 0 aliphatic carbocycles. The van der Waals surface area contributed by atoms with Crippen molar-refractivity contribution in [3.05, 3.63) is 29.6 Å². The van der Waals surface area contributed by atoms with Gasteiger partial charge in [-0.15, -0.1) is 0 Å². The summed E-state index contributed by atoms with van der Waals surface area (Å²) in [5, 5.41) is 2.64. The summed E-state index contributed by atoms with van der Waals surface area (Å²) in [6, 6.07) is 4.64. The number of amides is 2. The first-order valence-electron chi connectivity index (χ1n) is 6.05. The molecule has 2 rings (SSSR count). The number of likely N-dealkylation sites (tertiary alicyclic amines) is 1. The van der Waals surface area contributed by atoms with E-state index in [9.17, 15) is 9.18 Å². The lowest BCUT2D eigenvalue weighted by molar-refractivity contribution is 0.222. The summed E-state index contributed by atoms with van der Waals surface area (Å²) in [5.74, 6) is -0.380. The molecule has 2 amide bonds. The van der Waals surface area contributed by atoms with E-state index in [1.54, 1.807) is 17.0 Å². The molecule has 0 saturated carbocycles. The quantitative estimate of drug-likeness (QED) is 0.841. The minimum atomic E-state index is -0.380. The van der Waals surface area contributed by atoms with Crippen LogP contribution in [0.1, 0.15) is 25.3 Å². The Morgan fingerprint density at radius 3 is 2.76 bits per heavy atom. The van der Waals surface area contributed by atoms with Crippen molar-refractivity contribution in [1.29, 1.82) is 0 Å². The van der Waals surface area contributed by atoms with Crippen LogP contribution in [0.3, 0.4) is 0 Å². The Hall–Kier alpha value is -1.58. The molecule has 1 heterocycles. The second kappa shape index (κ2) is 5.17. The van der Waals surface area contributed by atoms with Gasteiger partial charge in [-0.2, -0.15) is 0 Å². The summed E-state index contributed by atoms with van der Waals surface area (Å²) < 4.78 is 13.5. The number of carbonyl (C=O) groups excluding carboxylic acids is 1. The van der Waals surface area contributed by atoms with Crippen LogP contribution in [0.2, 0.25) is 0 Å². The van der Waals surface area contributed by atoms with Gasteiger partial charge in [-0.1, -0.05) is 13.0 Å². The predicted molar refractivity (Wildman–Crippen MR) is 65.6 cm³/mol. The molecular weight excluding hydrogens is 219 g/mol. The molecule has 0 bridgehead atoms. The van der Waals surface area contributed by atoms with E-state index in [4.69, 9.17) is 0 Å². The molecule has 3 nitrogen and oxygen atoms in total. The van der Waals surface area contributed by atoms with Crippen molar-refractivity contribution in [2.45, 2.75) is 26.2 Å². The fourth-order valence-electron chi connectivity index (χ4n) is 2.00. The van der Waals surface area contributed by atoms with Crippen molar-refractivity contribution < 1.29 is 9.18 Å². The molecule has 0 atom stereocenters. The molecule has 1 aromatic rings. The van der Waals surface area contributed by atoms with Gasteiger partial charge in [0.1, 0.15) is 5.82 Å². The smallest absolute Gasteiger partial charge is 0.321 e. The van der Waals surface area contributed by atoms with Gasteiger partial charge in [-0.05, 0) is 37.0 Å². The predicted octanol–water partition coefficient (Wildman–Crippen LogP) is 3.02. The maximum Gasteiger partial charge on any atom is 0.321 e. The Balaban J connectivity index is 2.09. The van der Waals surface area contributed by atoms with E-state index < -0.39 is 0 Å². The van der Waals surface area contributed by atoms with Crippen molar-refractivity contribution in [3.8, 4) is 0 Å². The number of anilines is 1. The first-order valence-corrected chi connectivity index (χ1v) is 6.05. The van der Waals surface area contributed by atoms with Gasteiger partial charge in [0.2, 0.25) is 0 Å². The summed E-state index contributed by atoms with van der Waals surface area (Å²) in [7, 11) is 0. The normalized spacial score (nSPS) is 15.1. The monoisotopic (exact) mass is 236 g/mol. The number of nitrogens with one attached hydrogen (secondary N) is 1. The molecule has 1 aromatic carbocycles. The minimum Gasteiger partial charge on any atom is -0.325 e. The third-order valence-corrected chi connectivity index (χ3v) is 3.07. The van der Waals surface area contributed by atoms with E-state index in [1.807, 2.05) is 6.92 Å². The summed E-state index contributed by atoms with van der Waals surface area (Å²) >= 11 is 0. The lowest BCUT2D eigenvalue weighted by Gasteiger charge is -2.16. The van der Waals surface area contributed by atoms with Gasteiger partial charge in [0.05, 0.1) is 5.69 Å². The molecule has 1 saturated heterocycles. The van der Waals surface area contributed by atoms with E-state index in [-0.39, 0.29) is 17.5 Å². The topological polar surface area (TPSA) is 32.3 Å². The highest BCUT2D eigenvalue weighted by atomic mass is 19.1. The van der Waals surface area contributed by atoms with E-state index in [0.717, 1.165) is 37.9 Å². The van der Waals surface area contributed by atoms with Crippen LogP contribution in [-0.2, 0) is 6.42 Å². The van der Waals surface area contributed by atoms with Crippen molar-refractivity contribution in [2.24, 2.45) is 0 Å². The lowest BCUT2D eigenvalue weighted by Crippen LogP contribution is -2.32. The standard InChI is InChI=1S/C13H17FN2O/c1-2-10-5-6-11(14)12(9-10)15-13(17)16-7-3-4-8-16/h5-6,9H,2-4,7-8H2,1H3,(H,15,17). The molecule has 92 valence electrons. The zero-order chi connectivity index (χ0) is 12.3. The highest BCUT2D eigenvalue weighted by Gasteiger charge is 2.18. The molecule has 1 aliphatic heterocycles. The van der Waals surface area contributed by atoms with E-state index in [2.05, 4.69) is 5.32 Å². The van der Waals surface area contributed by atoms with Crippen molar-refractivity contribution in [2.75, 3.05) is 18.4 Å². The summed E-state index contributed by atoms with van der Waals surface area (Å²) in [6.07, 6.45) is 2.89. The van der Waals surface area contributed by atoms with Crippen LogP contribution >= 0.6 is 0 Å². The number of nitrogens with zero attached hydrogens (tertiary/aromatic N) is 1. The number of halogens is 1. The number of rotatable bonds is 2. The second-order valence-corrected chi connectivity index (χ2v) is 4.29. The Labute approximate surface area is 101 Å². The largest absolute Gasteiger partial charge is 0.325 e. The molecule has 0 aromatic heterocycles. The van der Waals surface area contributed by atoms with Gasteiger partial charge in [0, 0.05) is 13.1 Å². The van der Waals surface area contributed by atoms with Gasteiger partial charge in [0.25, 0.3) is 0 Å². The first kappa shape index (κ1) is 11.9. The average Bonchev–Trinajstić information content (AvgIpc) is 2.85. The first-order chi connectivity index (χ1) is 8.20. The third-order valence-electron chi connectivity index (χ3n) is 3.07. The van der Waals surface area contributed by atoms with Gasteiger partial charge in [0.15, 0.2) is 0 Å². The maximum atomic E-state index is 13.5. The van der Waals surface area contributed by atoms with E-state index in [1.165, 1.54) is 6.07 Å². The van der Waals surface area contributed by atoms with Crippen molar-refractivity contribution >= 4 is 11.7 Å². The fraction of sp³-hybridized carbons (Fsp3) is 0.462. The zero-order valence-corrected chi connectivity index (χ0v) is 10.0. The van der Waals surface area contributed by atoms with Crippen LogP contribution in [0.15, 0.2) is 18.2 Å². The van der Waals surface area contributed by atoms with Crippen LogP contribution in [0.25, 0.3) is 0 Å². The number of hydrogen-bond donors (Lipinski definition) is 1. The van der Waals surface area contributed by atoms with Gasteiger partial charge in [-0.3, -0.25) is 0 Å². The van der Waals surface area contributed by atoms with E-state index in [0.29, 0.717) is 0 Å². The Morgan fingerprint density at radius 1 is 1.41 bits per heavy atom. The van der Waals surface area contributed by atoms with Gasteiger partial charge >= 0.3 is 6.03 Å². The molecule has 0 spiro atoms. The Kier molecular flexibility index (Phi) is 3.61. The lowest BCUT2D eigenvalue weighted by atomic mass is 10.1. The van der Waals surface area contributed by atoms with Gasteiger partial charge < -0.3 is 10.2 Å². The van der Waals surface area contributed by atoms with Crippen LogP contribution in [0.5, 0.6) is 0 Å². The van der Waals surface area contributed by atoms with E-state index >= 15 is 0 Å². The molecule has 1 aliphatic rings. The molecular formula is C13H17FN2O. The second-order valence-electron chi connectivity index (χ2n) is 4.29. The van der Waals surface area contributed by atoms with Gasteiger partial charge in [-0.25, -0.2) is 9.18 Å². The van der Waals surface area contributed by atoms with Crippen molar-refractivity contribution in [1.82, 2.24) is 4.90 Å². The maximum absolute atomic E-state index is 13.5. The summed E-state index contributed by atoms with van der Waals surface area (Å²) in [6.45, 7) is 3.53. The minimum absolute atomic E-state index is 0.199. The Bertz CT molecular complexity index is 414. The SMILES string of the molecule is CCc1ccc(F)c(NC(=O)N2CCCC2)c1. The van der Waals surface area contributed by atoms with Crippen molar-refractivity contribution in [3.63, 3.8) is 0 Å². The average molecular weight is 236 g/mol. The molecule has 17 heavy (non-hydrogen) atoms. The molecule has 4 heteroatoms. The van der Waals surface area contributed by atoms with Crippen LogP contribution < -0.4 is 5.32 Å². The zero-order valence-electron chi connectivity index (χ0n) is 10.0. The number of benzene rings is 1. The third kappa shape index (κ3) is 2.75. The number of aryl methyl sites for hydroxylation is 1. The molecule has 0 unspecified atom stereocenters. The Morgan fingerprint density at radius 2 is 2.12 bits per heavy atom. The fourth-order valence-corrected chi connectivity index (χ4v) is 2.00. The highest BCUT2D eigenvalue weighted by molar-refractivity contribution is 5.89. The number of urea groups is 1. The number of carbonyl (C=O) groups is 1. The highest BCUT2D eigenvalue weighted by Crippen LogP contribution is 2.18. The molecule has 1 N–H and O–H groups in total. The number of hydrogen-bond acceptors (Lipinski definition) is 1. The van der Waals surface area contributed by atoms with Crippen LogP contribution in [0, 0.1) is 5.82 Å². The van der Waals surface area contributed by atoms with Crippen LogP contribution in [-0.4, -0.2) is 24.0 Å².